The molecule has 0 aromatic heterocycles. The maximum absolute atomic E-state index is 5.77. The van der Waals surface area contributed by atoms with Gasteiger partial charge in [-0.2, -0.15) is 0 Å². The van der Waals surface area contributed by atoms with Crippen LogP contribution in [-0.4, -0.2) is 8.80 Å². The van der Waals surface area contributed by atoms with Crippen LogP contribution in [0, 0.1) is 0 Å². The molecule has 1 radical (unpaired) electrons. The van der Waals surface area contributed by atoms with Crippen LogP contribution in [0.5, 0.6) is 5.75 Å². The summed E-state index contributed by atoms with van der Waals surface area (Å²) in [5.41, 5.74) is 2.18. The predicted molar refractivity (Wildman–Crippen MR) is 63.3 cm³/mol. The quantitative estimate of drug-likeness (QED) is 0.560. The van der Waals surface area contributed by atoms with Gasteiger partial charge in [-0.3, -0.25) is 0 Å². The molecule has 0 N–H and O–H groups in total. The molecule has 0 aliphatic rings. The maximum Gasteiger partial charge on any atom is 0.126 e. The molecule has 0 atom stereocenters. The van der Waals surface area contributed by atoms with Crippen LogP contribution in [0.3, 0.4) is 0 Å². The monoisotopic (exact) mass is 225 g/mol. The zero-order chi connectivity index (χ0) is 10.6. The van der Waals surface area contributed by atoms with Crippen LogP contribution < -0.4 is 4.74 Å². The first-order chi connectivity index (χ1) is 6.58. The largest absolute Gasteiger partial charge is 0.463 e. The average Bonchev–Trinajstić information content (AvgIpc) is 2.07. The van der Waals surface area contributed by atoms with Crippen LogP contribution in [0.2, 0.25) is 18.1 Å². The number of allylic oxidation sites excluding steroid dienone is 1. The van der Waals surface area contributed by atoms with E-state index in [2.05, 4.69) is 18.8 Å². The van der Waals surface area contributed by atoms with Crippen molar-refractivity contribution in [2.75, 3.05) is 0 Å². The second-order valence-corrected chi connectivity index (χ2v) is 6.27. The fourth-order valence-corrected chi connectivity index (χ4v) is 2.12. The molecule has 1 aromatic carbocycles. The van der Waals surface area contributed by atoms with Crippen molar-refractivity contribution in [1.82, 2.24) is 0 Å². The first-order valence-corrected chi connectivity index (χ1v) is 7.45. The molecular formula is C11H14ClOSi. The third kappa shape index (κ3) is 3.98. The molecule has 1 rings (SSSR count). The summed E-state index contributed by atoms with van der Waals surface area (Å²) in [6.45, 7) is 6.42. The van der Waals surface area contributed by atoms with E-state index in [1.807, 2.05) is 31.2 Å². The lowest BCUT2D eigenvalue weighted by Gasteiger charge is -2.06. The first kappa shape index (κ1) is 11.3. The highest BCUT2D eigenvalue weighted by molar-refractivity contribution is 6.61. The van der Waals surface area contributed by atoms with Gasteiger partial charge in [0.15, 0.2) is 0 Å². The molecule has 0 spiro atoms. The smallest absolute Gasteiger partial charge is 0.126 e. The van der Waals surface area contributed by atoms with Gasteiger partial charge in [0, 0.05) is 5.02 Å². The van der Waals surface area contributed by atoms with E-state index < -0.39 is 0 Å². The average molecular weight is 226 g/mol. The van der Waals surface area contributed by atoms with E-state index in [-0.39, 0.29) is 8.80 Å². The van der Waals surface area contributed by atoms with E-state index in [0.717, 1.165) is 16.5 Å². The number of ether oxygens (including phenoxy) is 1. The number of hydrogen-bond acceptors (Lipinski definition) is 1. The highest BCUT2D eigenvalue weighted by Gasteiger charge is 1.97. The summed E-state index contributed by atoms with van der Waals surface area (Å²) in [5.74, 6) is 1.80. The Bertz CT molecular complexity index is 317. The number of halogens is 1. The Morgan fingerprint density at radius 3 is 2.36 bits per heavy atom. The number of benzene rings is 1. The summed E-state index contributed by atoms with van der Waals surface area (Å²) in [6, 6.07) is 7.40. The summed E-state index contributed by atoms with van der Waals surface area (Å²) in [5, 5.41) is 0.731. The van der Waals surface area contributed by atoms with Gasteiger partial charge >= 0.3 is 0 Å². The van der Waals surface area contributed by atoms with Crippen LogP contribution in [0.25, 0.3) is 0 Å². The third-order valence-corrected chi connectivity index (χ3v) is 2.82. The van der Waals surface area contributed by atoms with Crippen molar-refractivity contribution in [3.63, 3.8) is 0 Å². The molecule has 0 aliphatic heterocycles. The van der Waals surface area contributed by atoms with Crippen LogP contribution in [0.4, 0.5) is 0 Å². The van der Waals surface area contributed by atoms with Gasteiger partial charge in [0.25, 0.3) is 0 Å². The number of hydrogen-bond donors (Lipinski definition) is 0. The third-order valence-electron chi connectivity index (χ3n) is 1.58. The summed E-state index contributed by atoms with van der Waals surface area (Å²) in [7, 11) is -0.374. The zero-order valence-electron chi connectivity index (χ0n) is 8.67. The Labute approximate surface area is 92.0 Å². The second-order valence-electron chi connectivity index (χ2n) is 3.39. The van der Waals surface area contributed by atoms with Gasteiger partial charge < -0.3 is 4.74 Å². The summed E-state index contributed by atoms with van der Waals surface area (Å²) < 4.78 is 5.61. The predicted octanol–water partition coefficient (Wildman–Crippen LogP) is 3.92. The molecule has 0 amide bonds. The summed E-state index contributed by atoms with van der Waals surface area (Å²) in [4.78, 5) is 0. The van der Waals surface area contributed by atoms with Crippen molar-refractivity contribution < 1.29 is 4.74 Å². The lowest BCUT2D eigenvalue weighted by molar-refractivity contribution is 0.429. The summed E-state index contributed by atoms with van der Waals surface area (Å²) in [6.07, 6.45) is 0. The van der Waals surface area contributed by atoms with E-state index in [9.17, 15) is 0 Å². The van der Waals surface area contributed by atoms with Gasteiger partial charge in [-0.25, -0.2) is 0 Å². The van der Waals surface area contributed by atoms with Gasteiger partial charge in [-0.1, -0.05) is 30.4 Å². The molecule has 0 bridgehead atoms. The normalized spacial score (nSPS) is 11.9. The molecule has 3 heteroatoms. The minimum atomic E-state index is -0.374. The molecule has 75 valence electrons. The van der Waals surface area contributed by atoms with Crippen molar-refractivity contribution in [3.8, 4) is 5.75 Å². The molecule has 0 saturated heterocycles. The van der Waals surface area contributed by atoms with E-state index >= 15 is 0 Å². The van der Waals surface area contributed by atoms with Gasteiger partial charge in [-0.05, 0) is 31.2 Å². The fourth-order valence-electron chi connectivity index (χ4n) is 1.12. The molecule has 0 aliphatic carbocycles. The molecule has 0 heterocycles. The molecule has 0 unspecified atom stereocenters. The maximum atomic E-state index is 5.77. The van der Waals surface area contributed by atoms with Crippen molar-refractivity contribution in [2.45, 2.75) is 20.0 Å². The van der Waals surface area contributed by atoms with Crippen molar-refractivity contribution in [2.24, 2.45) is 0 Å². The lowest BCUT2D eigenvalue weighted by Crippen LogP contribution is -1.99. The minimum Gasteiger partial charge on any atom is -0.463 e. The Morgan fingerprint density at radius 1 is 1.29 bits per heavy atom. The van der Waals surface area contributed by atoms with Crippen LogP contribution in [-0.2, 0) is 0 Å². The van der Waals surface area contributed by atoms with E-state index in [1.165, 1.54) is 0 Å². The van der Waals surface area contributed by atoms with Crippen LogP contribution in [0.15, 0.2) is 35.7 Å². The minimum absolute atomic E-state index is 0.374. The Balaban J connectivity index is 2.65. The fraction of sp³-hybridized carbons (Fsp3) is 0.273. The topological polar surface area (TPSA) is 9.23 Å². The first-order valence-electron chi connectivity index (χ1n) is 4.50. The van der Waals surface area contributed by atoms with E-state index in [0.29, 0.717) is 0 Å². The Morgan fingerprint density at radius 2 is 1.86 bits per heavy atom. The summed E-state index contributed by atoms with van der Waals surface area (Å²) >= 11 is 5.77. The van der Waals surface area contributed by atoms with Gasteiger partial charge in [0.05, 0.1) is 14.6 Å². The van der Waals surface area contributed by atoms with E-state index in [1.54, 1.807) is 0 Å². The molecule has 0 saturated carbocycles. The van der Waals surface area contributed by atoms with Gasteiger partial charge in [-0.15, -0.1) is 0 Å². The van der Waals surface area contributed by atoms with Crippen molar-refractivity contribution >= 4 is 20.4 Å². The highest BCUT2D eigenvalue weighted by Crippen LogP contribution is 2.17. The zero-order valence-corrected chi connectivity index (χ0v) is 10.4. The van der Waals surface area contributed by atoms with Crippen molar-refractivity contribution in [1.29, 1.82) is 0 Å². The Hall–Kier alpha value is -0.733. The second kappa shape index (κ2) is 5.22. The van der Waals surface area contributed by atoms with E-state index in [4.69, 9.17) is 16.3 Å². The van der Waals surface area contributed by atoms with Crippen LogP contribution in [0.1, 0.15) is 6.92 Å². The lowest BCUT2D eigenvalue weighted by atomic mass is 10.3. The molecular weight excluding hydrogens is 212 g/mol. The molecule has 1 aromatic rings. The van der Waals surface area contributed by atoms with Crippen molar-refractivity contribution in [3.05, 3.63) is 40.7 Å². The standard InChI is InChI=1S/C11H14ClOSi/c1-9(8-14(2)3)13-11-6-4-10(12)5-7-11/h4-8H,1-3H3. The highest BCUT2D eigenvalue weighted by atomic mass is 35.5. The van der Waals surface area contributed by atoms with Gasteiger partial charge in [0.2, 0.25) is 0 Å². The number of rotatable bonds is 3. The Kier molecular flexibility index (Phi) is 4.23. The molecule has 14 heavy (non-hydrogen) atoms. The SMILES string of the molecule is CC(=C[Si](C)C)Oc1ccc(Cl)cc1. The molecule has 0 fully saturated rings. The van der Waals surface area contributed by atoms with Crippen LogP contribution >= 0.6 is 11.6 Å². The molecule has 1 nitrogen and oxygen atoms in total. The van der Waals surface area contributed by atoms with Gasteiger partial charge in [0.1, 0.15) is 5.75 Å².